The molecular weight excluding hydrogens is 318 g/mol. The highest BCUT2D eigenvalue weighted by molar-refractivity contribution is 7.13. The van der Waals surface area contributed by atoms with E-state index in [0.29, 0.717) is 6.54 Å². The number of aromatic nitrogens is 1. The van der Waals surface area contributed by atoms with Gasteiger partial charge in [-0.1, -0.05) is 0 Å². The minimum atomic E-state index is 0. The molecule has 1 aromatic heterocycles. The molecule has 0 unspecified atom stereocenters. The largest absolute Gasteiger partial charge is 0.325 e. The van der Waals surface area contributed by atoms with E-state index in [1.54, 1.807) is 11.3 Å². The van der Waals surface area contributed by atoms with E-state index in [1.165, 1.54) is 12.8 Å². The molecule has 0 spiro atoms. The van der Waals surface area contributed by atoms with Crippen molar-refractivity contribution in [1.29, 1.82) is 0 Å². The lowest BCUT2D eigenvalue weighted by atomic mass is 10.2. The second-order valence-electron chi connectivity index (χ2n) is 5.49. The van der Waals surface area contributed by atoms with Crippen LogP contribution in [-0.2, 0) is 4.79 Å². The SMILES string of the molecule is Cc1csc(-c2ccc(NC(=O)CNCC3CC3)cc2)n1.Cl. The van der Waals surface area contributed by atoms with Crippen molar-refractivity contribution >= 4 is 35.3 Å². The molecule has 0 aliphatic heterocycles. The zero-order valence-electron chi connectivity index (χ0n) is 12.5. The van der Waals surface area contributed by atoms with Gasteiger partial charge in [0.25, 0.3) is 0 Å². The van der Waals surface area contributed by atoms with Gasteiger partial charge >= 0.3 is 0 Å². The molecule has 1 saturated carbocycles. The van der Waals surface area contributed by atoms with Gasteiger partial charge in [0.15, 0.2) is 0 Å². The van der Waals surface area contributed by atoms with E-state index in [4.69, 9.17) is 0 Å². The zero-order chi connectivity index (χ0) is 14.7. The number of nitrogens with one attached hydrogen (secondary N) is 2. The average Bonchev–Trinajstić information content (AvgIpc) is 3.19. The van der Waals surface area contributed by atoms with E-state index in [-0.39, 0.29) is 18.3 Å². The third-order valence-corrected chi connectivity index (χ3v) is 4.46. The molecule has 0 radical (unpaired) electrons. The maximum Gasteiger partial charge on any atom is 0.238 e. The molecule has 22 heavy (non-hydrogen) atoms. The van der Waals surface area contributed by atoms with Crippen LogP contribution in [0.25, 0.3) is 10.6 Å². The van der Waals surface area contributed by atoms with Gasteiger partial charge in [-0.25, -0.2) is 4.98 Å². The number of rotatable bonds is 6. The summed E-state index contributed by atoms with van der Waals surface area (Å²) < 4.78 is 0. The number of amides is 1. The quantitative estimate of drug-likeness (QED) is 0.848. The summed E-state index contributed by atoms with van der Waals surface area (Å²) in [6.07, 6.45) is 2.60. The lowest BCUT2D eigenvalue weighted by Crippen LogP contribution is -2.29. The van der Waals surface area contributed by atoms with Gasteiger partial charge in [0.2, 0.25) is 5.91 Å². The number of halogens is 1. The number of aryl methyl sites for hydroxylation is 1. The molecule has 118 valence electrons. The van der Waals surface area contributed by atoms with Crippen molar-refractivity contribution in [3.8, 4) is 10.6 Å². The maximum atomic E-state index is 11.8. The van der Waals surface area contributed by atoms with Crippen molar-refractivity contribution < 1.29 is 4.79 Å². The van der Waals surface area contributed by atoms with E-state index in [9.17, 15) is 4.79 Å². The van der Waals surface area contributed by atoms with Crippen molar-refractivity contribution in [1.82, 2.24) is 10.3 Å². The second-order valence-corrected chi connectivity index (χ2v) is 6.35. The minimum absolute atomic E-state index is 0. The summed E-state index contributed by atoms with van der Waals surface area (Å²) in [5.74, 6) is 0.798. The summed E-state index contributed by atoms with van der Waals surface area (Å²) in [5.41, 5.74) is 2.94. The molecule has 1 fully saturated rings. The first-order valence-electron chi connectivity index (χ1n) is 7.24. The van der Waals surface area contributed by atoms with Gasteiger partial charge in [0.05, 0.1) is 6.54 Å². The molecule has 2 N–H and O–H groups in total. The van der Waals surface area contributed by atoms with Gasteiger partial charge in [0, 0.05) is 22.3 Å². The number of carbonyl (C=O) groups excluding carboxylic acids is 1. The molecule has 6 heteroatoms. The second kappa shape index (κ2) is 7.72. The van der Waals surface area contributed by atoms with Crippen LogP contribution in [0.4, 0.5) is 5.69 Å². The molecule has 0 atom stereocenters. The molecule has 1 amide bonds. The van der Waals surface area contributed by atoms with Crippen LogP contribution < -0.4 is 10.6 Å². The number of nitrogens with zero attached hydrogens (tertiary/aromatic N) is 1. The van der Waals surface area contributed by atoms with Crippen LogP contribution in [0.2, 0.25) is 0 Å². The Hall–Kier alpha value is -1.43. The van der Waals surface area contributed by atoms with Crippen LogP contribution in [-0.4, -0.2) is 24.0 Å². The molecule has 0 saturated heterocycles. The van der Waals surface area contributed by atoms with Crippen molar-refractivity contribution in [2.75, 3.05) is 18.4 Å². The fourth-order valence-electron chi connectivity index (χ4n) is 2.10. The molecule has 4 nitrogen and oxygen atoms in total. The molecule has 1 aliphatic rings. The predicted octanol–water partition coefficient (Wildman–Crippen LogP) is 3.48. The third kappa shape index (κ3) is 4.80. The van der Waals surface area contributed by atoms with Gasteiger partial charge in [-0.05, 0) is 56.5 Å². The van der Waals surface area contributed by atoms with E-state index in [1.807, 2.05) is 36.6 Å². The zero-order valence-corrected chi connectivity index (χ0v) is 14.1. The smallest absolute Gasteiger partial charge is 0.238 e. The van der Waals surface area contributed by atoms with Crippen LogP contribution in [0.1, 0.15) is 18.5 Å². The van der Waals surface area contributed by atoms with Gasteiger partial charge in [0.1, 0.15) is 5.01 Å². The van der Waals surface area contributed by atoms with E-state index >= 15 is 0 Å². The maximum absolute atomic E-state index is 11.8. The fraction of sp³-hybridized carbons (Fsp3) is 0.375. The Kier molecular flexibility index (Phi) is 5.94. The molecule has 3 rings (SSSR count). The van der Waals surface area contributed by atoms with Crippen molar-refractivity contribution in [2.24, 2.45) is 5.92 Å². The summed E-state index contributed by atoms with van der Waals surface area (Å²) in [6.45, 7) is 3.32. The normalized spacial score (nSPS) is 13.5. The first kappa shape index (κ1) is 16.9. The van der Waals surface area contributed by atoms with Crippen LogP contribution in [0.3, 0.4) is 0 Å². The molecule has 1 aromatic carbocycles. The van der Waals surface area contributed by atoms with Crippen LogP contribution in [0.15, 0.2) is 29.6 Å². The molecule has 1 aliphatic carbocycles. The fourth-order valence-corrected chi connectivity index (χ4v) is 2.90. The Balaban J connectivity index is 0.00000176. The number of benzene rings is 1. The topological polar surface area (TPSA) is 54.0 Å². The molecule has 0 bridgehead atoms. The number of carbonyl (C=O) groups is 1. The van der Waals surface area contributed by atoms with Gasteiger partial charge in [-0.2, -0.15) is 0 Å². The minimum Gasteiger partial charge on any atom is -0.325 e. The van der Waals surface area contributed by atoms with E-state index in [2.05, 4.69) is 15.6 Å². The Morgan fingerprint density at radius 2 is 2.05 bits per heavy atom. The van der Waals surface area contributed by atoms with Crippen molar-refractivity contribution in [3.05, 3.63) is 35.3 Å². The summed E-state index contributed by atoms with van der Waals surface area (Å²) >= 11 is 1.63. The van der Waals surface area contributed by atoms with Gasteiger partial charge in [-0.15, -0.1) is 23.7 Å². The summed E-state index contributed by atoms with van der Waals surface area (Å²) in [6, 6.07) is 7.83. The Morgan fingerprint density at radius 3 is 2.64 bits per heavy atom. The summed E-state index contributed by atoms with van der Waals surface area (Å²) in [5, 5.41) is 9.14. The van der Waals surface area contributed by atoms with Crippen LogP contribution in [0.5, 0.6) is 0 Å². The average molecular weight is 338 g/mol. The number of hydrogen-bond acceptors (Lipinski definition) is 4. The third-order valence-electron chi connectivity index (χ3n) is 3.45. The molecular formula is C16H20ClN3OS. The predicted molar refractivity (Wildman–Crippen MR) is 93.8 cm³/mol. The first-order chi connectivity index (χ1) is 10.2. The van der Waals surface area contributed by atoms with Crippen LogP contribution >= 0.6 is 23.7 Å². The van der Waals surface area contributed by atoms with Crippen molar-refractivity contribution in [3.63, 3.8) is 0 Å². The summed E-state index contributed by atoms with van der Waals surface area (Å²) in [4.78, 5) is 16.2. The monoisotopic (exact) mass is 337 g/mol. The first-order valence-corrected chi connectivity index (χ1v) is 8.12. The van der Waals surface area contributed by atoms with Gasteiger partial charge in [-0.3, -0.25) is 4.79 Å². The lowest BCUT2D eigenvalue weighted by molar-refractivity contribution is -0.115. The Bertz CT molecular complexity index is 623. The standard InChI is InChI=1S/C16H19N3OS.ClH/c1-11-10-21-16(18-11)13-4-6-14(7-5-13)19-15(20)9-17-8-12-2-3-12;/h4-7,10,12,17H,2-3,8-9H2,1H3,(H,19,20);1H. The Labute approximate surface area is 140 Å². The number of thiazole rings is 1. The Morgan fingerprint density at radius 1 is 1.32 bits per heavy atom. The number of anilines is 1. The summed E-state index contributed by atoms with van der Waals surface area (Å²) in [7, 11) is 0. The van der Waals surface area contributed by atoms with E-state index in [0.717, 1.165) is 34.4 Å². The molecule has 1 heterocycles. The number of hydrogen-bond donors (Lipinski definition) is 2. The highest BCUT2D eigenvalue weighted by Crippen LogP contribution is 2.27. The van der Waals surface area contributed by atoms with Gasteiger partial charge < -0.3 is 10.6 Å². The highest BCUT2D eigenvalue weighted by Gasteiger charge is 2.20. The van der Waals surface area contributed by atoms with E-state index < -0.39 is 0 Å². The van der Waals surface area contributed by atoms with Crippen molar-refractivity contribution in [2.45, 2.75) is 19.8 Å². The molecule has 2 aromatic rings. The van der Waals surface area contributed by atoms with Crippen LogP contribution in [0, 0.1) is 12.8 Å². The highest BCUT2D eigenvalue weighted by atomic mass is 35.5. The lowest BCUT2D eigenvalue weighted by Gasteiger charge is -2.07.